The third-order valence-corrected chi connectivity index (χ3v) is 7.88. The Morgan fingerprint density at radius 1 is 1.40 bits per heavy atom. The molecule has 1 aliphatic rings. The summed E-state index contributed by atoms with van der Waals surface area (Å²) in [5.74, 6) is 1.04. The maximum absolute atomic E-state index is 12.3. The Balaban J connectivity index is 2.04. The molecule has 25 heavy (non-hydrogen) atoms. The SMILES string of the molecule is CCNC(=NCC1(S(C)(=O)=O)CCOCC1)NCC(C)c1cccs1. The molecule has 2 rings (SSSR count). The Kier molecular flexibility index (Phi) is 7.27. The standard InChI is InChI=1S/C17H29N3O3S2/c1-4-18-16(19-12-14(2)15-6-5-11-24-15)20-13-17(25(3,21)22)7-9-23-10-8-17/h5-6,11,14H,4,7-10,12-13H2,1-3H3,(H2,18,19,20). The molecule has 142 valence electrons. The normalized spacial score (nSPS) is 19.4. The number of guanidine groups is 1. The van der Waals surface area contributed by atoms with E-state index in [1.807, 2.05) is 6.92 Å². The number of hydrogen-bond donors (Lipinski definition) is 2. The first-order valence-electron chi connectivity index (χ1n) is 8.71. The molecule has 8 heteroatoms. The van der Waals surface area contributed by atoms with Crippen LogP contribution in [0.3, 0.4) is 0 Å². The highest BCUT2D eigenvalue weighted by atomic mass is 32.2. The zero-order valence-corrected chi connectivity index (χ0v) is 16.9. The Labute approximate surface area is 155 Å². The van der Waals surface area contributed by atoms with Crippen LogP contribution in [0, 0.1) is 0 Å². The maximum Gasteiger partial charge on any atom is 0.191 e. The molecule has 2 N–H and O–H groups in total. The van der Waals surface area contributed by atoms with Crippen molar-refractivity contribution in [3.05, 3.63) is 22.4 Å². The van der Waals surface area contributed by atoms with Gasteiger partial charge in [0.05, 0.1) is 11.3 Å². The quantitative estimate of drug-likeness (QED) is 0.553. The summed E-state index contributed by atoms with van der Waals surface area (Å²) in [5.41, 5.74) is 0. The van der Waals surface area contributed by atoms with Crippen molar-refractivity contribution >= 4 is 27.1 Å². The van der Waals surface area contributed by atoms with E-state index in [1.165, 1.54) is 11.1 Å². The van der Waals surface area contributed by atoms with Gasteiger partial charge in [0.25, 0.3) is 0 Å². The molecular weight excluding hydrogens is 358 g/mol. The van der Waals surface area contributed by atoms with E-state index in [1.54, 1.807) is 11.3 Å². The molecule has 1 fully saturated rings. The van der Waals surface area contributed by atoms with Gasteiger partial charge in [-0.1, -0.05) is 13.0 Å². The predicted octanol–water partition coefficient (Wildman–Crippen LogP) is 2.00. The monoisotopic (exact) mass is 387 g/mol. The number of ether oxygens (including phenoxy) is 1. The van der Waals surface area contributed by atoms with Crippen LogP contribution < -0.4 is 10.6 Å². The van der Waals surface area contributed by atoms with E-state index in [2.05, 4.69) is 40.1 Å². The molecule has 1 aromatic rings. The lowest BCUT2D eigenvalue weighted by Crippen LogP contribution is -2.47. The summed E-state index contributed by atoms with van der Waals surface area (Å²) in [5, 5.41) is 8.62. The molecule has 0 amide bonds. The Hall–Kier alpha value is -1.12. The molecule has 0 aliphatic carbocycles. The minimum Gasteiger partial charge on any atom is -0.381 e. The fraction of sp³-hybridized carbons (Fsp3) is 0.706. The minimum atomic E-state index is -3.21. The minimum absolute atomic E-state index is 0.262. The van der Waals surface area contributed by atoms with E-state index in [0.717, 1.165) is 13.1 Å². The van der Waals surface area contributed by atoms with Gasteiger partial charge >= 0.3 is 0 Å². The van der Waals surface area contributed by atoms with Gasteiger partial charge in [0, 0.05) is 43.4 Å². The van der Waals surface area contributed by atoms with Gasteiger partial charge in [-0.3, -0.25) is 4.99 Å². The number of nitrogens with zero attached hydrogens (tertiary/aromatic N) is 1. The van der Waals surface area contributed by atoms with E-state index in [-0.39, 0.29) is 6.54 Å². The van der Waals surface area contributed by atoms with Gasteiger partial charge in [0.2, 0.25) is 0 Å². The molecule has 0 radical (unpaired) electrons. The third-order valence-electron chi connectivity index (χ3n) is 4.66. The molecular formula is C17H29N3O3S2. The zero-order valence-electron chi connectivity index (χ0n) is 15.2. The molecule has 0 bridgehead atoms. The topological polar surface area (TPSA) is 79.8 Å². The Morgan fingerprint density at radius 3 is 2.68 bits per heavy atom. The van der Waals surface area contributed by atoms with Gasteiger partial charge in [0.1, 0.15) is 0 Å². The highest BCUT2D eigenvalue weighted by Crippen LogP contribution is 2.29. The number of aliphatic imine (C=N–C) groups is 1. The lowest BCUT2D eigenvalue weighted by atomic mass is 9.99. The number of sulfone groups is 1. The summed E-state index contributed by atoms with van der Waals surface area (Å²) >= 11 is 1.74. The molecule has 1 aromatic heterocycles. The Bertz CT molecular complexity index is 651. The van der Waals surface area contributed by atoms with Gasteiger partial charge in [-0.05, 0) is 31.2 Å². The van der Waals surface area contributed by atoms with Gasteiger partial charge in [0.15, 0.2) is 15.8 Å². The van der Waals surface area contributed by atoms with Crippen molar-refractivity contribution in [2.45, 2.75) is 37.4 Å². The largest absolute Gasteiger partial charge is 0.381 e. The molecule has 0 aromatic carbocycles. The number of rotatable bonds is 7. The van der Waals surface area contributed by atoms with E-state index in [0.29, 0.717) is 37.9 Å². The highest BCUT2D eigenvalue weighted by molar-refractivity contribution is 7.92. The highest BCUT2D eigenvalue weighted by Gasteiger charge is 2.42. The van der Waals surface area contributed by atoms with Gasteiger partial charge < -0.3 is 15.4 Å². The zero-order chi connectivity index (χ0) is 18.3. The van der Waals surface area contributed by atoms with Crippen molar-refractivity contribution in [3.63, 3.8) is 0 Å². The first-order chi connectivity index (χ1) is 11.9. The smallest absolute Gasteiger partial charge is 0.191 e. The van der Waals surface area contributed by atoms with Crippen LogP contribution in [0.15, 0.2) is 22.5 Å². The third kappa shape index (κ3) is 5.43. The second kappa shape index (κ2) is 9.00. The number of nitrogens with one attached hydrogen (secondary N) is 2. The van der Waals surface area contributed by atoms with Crippen molar-refractivity contribution in [2.24, 2.45) is 4.99 Å². The molecule has 2 heterocycles. The van der Waals surface area contributed by atoms with Crippen LogP contribution in [-0.4, -0.2) is 58.2 Å². The van der Waals surface area contributed by atoms with Gasteiger partial charge in [-0.2, -0.15) is 0 Å². The van der Waals surface area contributed by atoms with Crippen molar-refractivity contribution in [3.8, 4) is 0 Å². The second-order valence-corrected chi connectivity index (χ2v) is 9.95. The molecule has 0 saturated carbocycles. The summed E-state index contributed by atoms with van der Waals surface area (Å²) < 4.78 is 29.2. The maximum atomic E-state index is 12.3. The molecule has 1 aliphatic heterocycles. The van der Waals surface area contributed by atoms with E-state index in [4.69, 9.17) is 4.74 Å². The van der Waals surface area contributed by atoms with Crippen LogP contribution in [0.1, 0.15) is 37.5 Å². The Morgan fingerprint density at radius 2 is 2.12 bits per heavy atom. The summed E-state index contributed by atoms with van der Waals surface area (Å²) in [4.78, 5) is 5.91. The average molecular weight is 388 g/mol. The van der Waals surface area contributed by atoms with E-state index >= 15 is 0 Å². The van der Waals surface area contributed by atoms with Gasteiger partial charge in [-0.25, -0.2) is 8.42 Å². The van der Waals surface area contributed by atoms with E-state index in [9.17, 15) is 8.42 Å². The molecule has 1 atom stereocenters. The van der Waals surface area contributed by atoms with Crippen LogP contribution in [0.2, 0.25) is 0 Å². The fourth-order valence-electron chi connectivity index (χ4n) is 2.88. The first kappa shape index (κ1) is 20.2. The second-order valence-electron chi connectivity index (χ2n) is 6.56. The van der Waals surface area contributed by atoms with Crippen LogP contribution in [0.25, 0.3) is 0 Å². The van der Waals surface area contributed by atoms with Gasteiger partial charge in [-0.15, -0.1) is 11.3 Å². The summed E-state index contributed by atoms with van der Waals surface area (Å²) in [6, 6.07) is 4.18. The summed E-state index contributed by atoms with van der Waals surface area (Å²) in [6.45, 7) is 6.86. The average Bonchev–Trinajstić information content (AvgIpc) is 3.11. The van der Waals surface area contributed by atoms with Crippen molar-refractivity contribution < 1.29 is 13.2 Å². The number of thiophene rings is 1. The van der Waals surface area contributed by atoms with Crippen LogP contribution in [0.5, 0.6) is 0 Å². The fourth-order valence-corrected chi connectivity index (χ4v) is 4.87. The van der Waals surface area contributed by atoms with E-state index < -0.39 is 14.6 Å². The molecule has 1 saturated heterocycles. The predicted molar refractivity (Wildman–Crippen MR) is 104 cm³/mol. The summed E-state index contributed by atoms with van der Waals surface area (Å²) in [6.07, 6.45) is 2.31. The van der Waals surface area contributed by atoms with Crippen LogP contribution >= 0.6 is 11.3 Å². The molecule has 0 spiro atoms. The van der Waals surface area contributed by atoms with Crippen LogP contribution in [-0.2, 0) is 14.6 Å². The van der Waals surface area contributed by atoms with Crippen molar-refractivity contribution in [1.29, 1.82) is 0 Å². The lowest BCUT2D eigenvalue weighted by Gasteiger charge is -2.34. The number of hydrogen-bond acceptors (Lipinski definition) is 5. The lowest BCUT2D eigenvalue weighted by molar-refractivity contribution is 0.0768. The summed E-state index contributed by atoms with van der Waals surface area (Å²) in [7, 11) is -3.21. The van der Waals surface area contributed by atoms with Crippen molar-refractivity contribution in [2.75, 3.05) is 39.1 Å². The first-order valence-corrected chi connectivity index (χ1v) is 11.5. The molecule has 6 nitrogen and oxygen atoms in total. The molecule has 1 unspecified atom stereocenters. The van der Waals surface area contributed by atoms with Crippen LogP contribution in [0.4, 0.5) is 0 Å². The van der Waals surface area contributed by atoms with Crippen molar-refractivity contribution in [1.82, 2.24) is 10.6 Å².